The molecule has 0 saturated carbocycles. The Morgan fingerprint density at radius 2 is 1.72 bits per heavy atom. The van der Waals surface area contributed by atoms with E-state index < -0.39 is 4.92 Å². The molecule has 0 fully saturated rings. The minimum absolute atomic E-state index is 0.0359. The minimum Gasteiger partial charge on any atom is -0.351 e. The second-order valence-corrected chi connectivity index (χ2v) is 5.10. The SMILES string of the molecule is O=C(/C=C/c1cccc([N+](=O)[O-])c1)NCCNC(=O)c1ccccc1. The summed E-state index contributed by atoms with van der Waals surface area (Å²) in [6.07, 6.45) is 2.78. The molecule has 0 atom stereocenters. The molecule has 0 aliphatic heterocycles. The van der Waals surface area contributed by atoms with Gasteiger partial charge in [-0.1, -0.05) is 30.3 Å². The Morgan fingerprint density at radius 1 is 1.00 bits per heavy atom. The van der Waals surface area contributed by atoms with Crippen molar-refractivity contribution in [2.24, 2.45) is 0 Å². The fourth-order valence-corrected chi connectivity index (χ4v) is 2.03. The van der Waals surface area contributed by atoms with Gasteiger partial charge in [0.05, 0.1) is 4.92 Å². The van der Waals surface area contributed by atoms with Crippen LogP contribution in [0.3, 0.4) is 0 Å². The number of rotatable bonds is 7. The average molecular weight is 339 g/mol. The molecule has 0 aromatic heterocycles. The highest BCUT2D eigenvalue weighted by Gasteiger charge is 2.05. The van der Waals surface area contributed by atoms with Crippen LogP contribution in [-0.4, -0.2) is 29.8 Å². The summed E-state index contributed by atoms with van der Waals surface area (Å²) in [6.45, 7) is 0.570. The molecule has 0 bridgehead atoms. The van der Waals surface area contributed by atoms with Crippen LogP contribution in [0.1, 0.15) is 15.9 Å². The summed E-state index contributed by atoms with van der Waals surface area (Å²) >= 11 is 0. The van der Waals surface area contributed by atoms with Gasteiger partial charge in [-0.05, 0) is 23.8 Å². The topological polar surface area (TPSA) is 101 Å². The summed E-state index contributed by atoms with van der Waals surface area (Å²) in [5.41, 5.74) is 1.08. The van der Waals surface area contributed by atoms with Crippen molar-refractivity contribution in [1.82, 2.24) is 10.6 Å². The Morgan fingerprint density at radius 3 is 2.44 bits per heavy atom. The number of carbonyl (C=O) groups excluding carboxylic acids is 2. The number of benzene rings is 2. The van der Waals surface area contributed by atoms with Crippen molar-refractivity contribution in [3.8, 4) is 0 Å². The molecular weight excluding hydrogens is 322 g/mol. The van der Waals surface area contributed by atoms with E-state index in [0.717, 1.165) is 0 Å². The zero-order valence-electron chi connectivity index (χ0n) is 13.3. The number of nitrogens with zero attached hydrogens (tertiary/aromatic N) is 1. The van der Waals surface area contributed by atoms with Crippen LogP contribution in [0.2, 0.25) is 0 Å². The van der Waals surface area contributed by atoms with Gasteiger partial charge in [0.2, 0.25) is 5.91 Å². The normalized spacial score (nSPS) is 10.4. The lowest BCUT2D eigenvalue weighted by Crippen LogP contribution is -2.33. The molecule has 0 unspecified atom stereocenters. The zero-order chi connectivity index (χ0) is 18.1. The number of nitro benzene ring substituents is 1. The number of amides is 2. The highest BCUT2D eigenvalue weighted by atomic mass is 16.6. The number of hydrogen-bond acceptors (Lipinski definition) is 4. The molecule has 0 aliphatic rings. The summed E-state index contributed by atoms with van der Waals surface area (Å²) < 4.78 is 0. The lowest BCUT2D eigenvalue weighted by Gasteiger charge is -2.05. The van der Waals surface area contributed by atoms with Crippen LogP contribution >= 0.6 is 0 Å². The maximum atomic E-state index is 11.8. The maximum Gasteiger partial charge on any atom is 0.270 e. The van der Waals surface area contributed by atoms with E-state index in [1.807, 2.05) is 6.07 Å². The van der Waals surface area contributed by atoms with Crippen LogP contribution in [0, 0.1) is 10.1 Å². The molecule has 2 aromatic rings. The van der Waals surface area contributed by atoms with Gasteiger partial charge in [-0.15, -0.1) is 0 Å². The van der Waals surface area contributed by atoms with Gasteiger partial charge in [0.1, 0.15) is 0 Å². The molecule has 0 spiro atoms. The van der Waals surface area contributed by atoms with Crippen LogP contribution < -0.4 is 10.6 Å². The smallest absolute Gasteiger partial charge is 0.270 e. The van der Waals surface area contributed by atoms with E-state index >= 15 is 0 Å². The molecule has 2 aromatic carbocycles. The van der Waals surface area contributed by atoms with Crippen molar-refractivity contribution in [2.45, 2.75) is 0 Å². The first-order chi connectivity index (χ1) is 12.1. The molecule has 2 N–H and O–H groups in total. The van der Waals surface area contributed by atoms with E-state index in [1.165, 1.54) is 24.3 Å². The second-order valence-electron chi connectivity index (χ2n) is 5.10. The molecule has 2 rings (SSSR count). The monoisotopic (exact) mass is 339 g/mol. The van der Waals surface area contributed by atoms with E-state index in [-0.39, 0.29) is 24.0 Å². The summed E-state index contributed by atoms with van der Waals surface area (Å²) in [5, 5.41) is 16.0. The highest BCUT2D eigenvalue weighted by Crippen LogP contribution is 2.13. The van der Waals surface area contributed by atoms with Crippen LogP contribution in [0.5, 0.6) is 0 Å². The van der Waals surface area contributed by atoms with Gasteiger partial charge in [-0.25, -0.2) is 0 Å². The lowest BCUT2D eigenvalue weighted by atomic mass is 10.2. The van der Waals surface area contributed by atoms with Crippen LogP contribution in [0.25, 0.3) is 6.08 Å². The molecule has 25 heavy (non-hydrogen) atoms. The fraction of sp³-hybridized carbons (Fsp3) is 0.111. The van der Waals surface area contributed by atoms with Crippen LogP contribution in [0.15, 0.2) is 60.7 Å². The van der Waals surface area contributed by atoms with Crippen molar-refractivity contribution >= 4 is 23.6 Å². The average Bonchev–Trinajstić information content (AvgIpc) is 2.64. The number of hydrogen-bond donors (Lipinski definition) is 2. The quantitative estimate of drug-likeness (QED) is 0.349. The largest absolute Gasteiger partial charge is 0.351 e. The predicted octanol–water partition coefficient (Wildman–Crippen LogP) is 2.15. The van der Waals surface area contributed by atoms with Crippen molar-refractivity contribution in [3.05, 3.63) is 81.9 Å². The van der Waals surface area contributed by atoms with Crippen molar-refractivity contribution in [2.75, 3.05) is 13.1 Å². The number of carbonyl (C=O) groups is 2. The van der Waals surface area contributed by atoms with E-state index in [2.05, 4.69) is 10.6 Å². The first kappa shape index (κ1) is 17.9. The number of nitro groups is 1. The van der Waals surface area contributed by atoms with Gasteiger partial charge in [0.25, 0.3) is 11.6 Å². The van der Waals surface area contributed by atoms with E-state index in [0.29, 0.717) is 17.7 Å². The molecular formula is C18H17N3O4. The molecule has 0 radical (unpaired) electrons. The van der Waals surface area contributed by atoms with E-state index in [9.17, 15) is 19.7 Å². The Labute approximate surface area is 144 Å². The third-order valence-electron chi connectivity index (χ3n) is 3.25. The lowest BCUT2D eigenvalue weighted by molar-refractivity contribution is -0.384. The van der Waals surface area contributed by atoms with Gasteiger partial charge in [0, 0.05) is 36.9 Å². The van der Waals surface area contributed by atoms with Gasteiger partial charge in [0.15, 0.2) is 0 Å². The van der Waals surface area contributed by atoms with E-state index in [1.54, 1.807) is 36.4 Å². The number of non-ortho nitro benzene ring substituents is 1. The molecule has 0 aliphatic carbocycles. The van der Waals surface area contributed by atoms with Gasteiger partial charge in [-0.3, -0.25) is 19.7 Å². The van der Waals surface area contributed by atoms with Crippen molar-refractivity contribution in [1.29, 1.82) is 0 Å². The summed E-state index contributed by atoms with van der Waals surface area (Å²) in [5.74, 6) is -0.553. The van der Waals surface area contributed by atoms with Gasteiger partial charge in [-0.2, -0.15) is 0 Å². The van der Waals surface area contributed by atoms with Crippen LogP contribution in [-0.2, 0) is 4.79 Å². The standard InChI is InChI=1S/C18H17N3O4/c22-17(10-9-14-5-4-8-16(13-14)21(24)25)19-11-12-20-18(23)15-6-2-1-3-7-15/h1-10,13H,11-12H2,(H,19,22)(H,20,23)/b10-9+. The molecule has 7 nitrogen and oxygen atoms in total. The van der Waals surface area contributed by atoms with Gasteiger partial charge >= 0.3 is 0 Å². The highest BCUT2D eigenvalue weighted by molar-refractivity contribution is 5.94. The molecule has 0 saturated heterocycles. The zero-order valence-corrected chi connectivity index (χ0v) is 13.3. The van der Waals surface area contributed by atoms with Crippen molar-refractivity contribution < 1.29 is 14.5 Å². The first-order valence-corrected chi connectivity index (χ1v) is 7.60. The molecule has 0 heterocycles. The predicted molar refractivity (Wildman–Crippen MR) is 93.9 cm³/mol. The Bertz CT molecular complexity index is 788. The van der Waals surface area contributed by atoms with Crippen molar-refractivity contribution in [3.63, 3.8) is 0 Å². The fourth-order valence-electron chi connectivity index (χ4n) is 2.03. The Hall–Kier alpha value is -3.48. The molecule has 7 heteroatoms. The van der Waals surface area contributed by atoms with Gasteiger partial charge < -0.3 is 10.6 Å². The summed E-state index contributed by atoms with van der Waals surface area (Å²) in [4.78, 5) is 33.7. The second kappa shape index (κ2) is 8.97. The summed E-state index contributed by atoms with van der Waals surface area (Å²) in [7, 11) is 0. The van der Waals surface area contributed by atoms with E-state index in [4.69, 9.17) is 0 Å². The first-order valence-electron chi connectivity index (χ1n) is 7.60. The third-order valence-corrected chi connectivity index (χ3v) is 3.25. The maximum absolute atomic E-state index is 11.8. The summed E-state index contributed by atoms with van der Waals surface area (Å²) in [6, 6.07) is 14.8. The molecule has 128 valence electrons. The minimum atomic E-state index is -0.493. The van der Waals surface area contributed by atoms with Crippen LogP contribution in [0.4, 0.5) is 5.69 Å². The molecule has 2 amide bonds. The Kier molecular flexibility index (Phi) is 6.41. The third kappa shape index (κ3) is 5.91. The number of nitrogens with one attached hydrogen (secondary N) is 2. The Balaban J connectivity index is 1.74.